The lowest BCUT2D eigenvalue weighted by Gasteiger charge is -2.46. The second kappa shape index (κ2) is 8.90. The van der Waals surface area contributed by atoms with Gasteiger partial charge in [0.15, 0.2) is 0 Å². The largest absolute Gasteiger partial charge is 0.459 e. The van der Waals surface area contributed by atoms with E-state index in [4.69, 9.17) is 9.47 Å². The second-order valence-corrected chi connectivity index (χ2v) is 11.3. The SMILES string of the molecule is CC(C)(C)OC(=O)CN1C(=O)CC[C@H]1C(=O)N1CC2CC(CN(C(=O)OC(C)(C)C)C2)C1. The third-order valence-corrected chi connectivity index (χ3v) is 5.88. The van der Waals surface area contributed by atoms with Crippen LogP contribution < -0.4 is 0 Å². The number of nitrogens with zero attached hydrogens (tertiary/aromatic N) is 3. The molecule has 0 N–H and O–H groups in total. The van der Waals surface area contributed by atoms with Crippen LogP contribution in [0.4, 0.5) is 4.79 Å². The third kappa shape index (κ3) is 6.13. The molecule has 2 unspecified atom stereocenters. The summed E-state index contributed by atoms with van der Waals surface area (Å²) in [5.74, 6) is -0.456. The average molecular weight is 452 g/mol. The molecule has 0 saturated carbocycles. The van der Waals surface area contributed by atoms with Crippen LogP contribution in [0, 0.1) is 11.8 Å². The van der Waals surface area contributed by atoms with Crippen LogP contribution in [0.5, 0.6) is 0 Å². The summed E-state index contributed by atoms with van der Waals surface area (Å²) in [5.41, 5.74) is -1.19. The first-order chi connectivity index (χ1) is 14.7. The molecule has 3 amide bonds. The van der Waals surface area contributed by atoms with Gasteiger partial charge in [0.05, 0.1) is 0 Å². The van der Waals surface area contributed by atoms with Crippen molar-refractivity contribution in [3.63, 3.8) is 0 Å². The number of carbonyl (C=O) groups excluding carboxylic acids is 4. The molecule has 9 heteroatoms. The fourth-order valence-electron chi connectivity index (χ4n) is 4.85. The van der Waals surface area contributed by atoms with Crippen molar-refractivity contribution < 1.29 is 28.7 Å². The molecule has 0 spiro atoms. The normalized spacial score (nSPS) is 26.2. The summed E-state index contributed by atoms with van der Waals surface area (Å²) in [5, 5.41) is 0. The minimum atomic E-state index is -0.649. The number of likely N-dealkylation sites (tertiary alicyclic amines) is 3. The quantitative estimate of drug-likeness (QED) is 0.609. The molecular weight excluding hydrogens is 414 g/mol. The molecule has 0 aromatic rings. The molecule has 3 aliphatic heterocycles. The number of fused-ring (bicyclic) bond motifs is 2. The van der Waals surface area contributed by atoms with Crippen molar-refractivity contribution in [1.82, 2.24) is 14.7 Å². The fraction of sp³-hybridized carbons (Fsp3) is 0.826. The number of hydrogen-bond donors (Lipinski definition) is 0. The van der Waals surface area contributed by atoms with Crippen LogP contribution in [0.2, 0.25) is 0 Å². The van der Waals surface area contributed by atoms with Gasteiger partial charge in [-0.3, -0.25) is 14.4 Å². The van der Waals surface area contributed by atoms with Gasteiger partial charge < -0.3 is 24.2 Å². The van der Waals surface area contributed by atoms with Gasteiger partial charge in [0.25, 0.3) is 0 Å². The Bertz CT molecular complexity index is 755. The van der Waals surface area contributed by atoms with E-state index >= 15 is 0 Å². The molecule has 0 aromatic heterocycles. The molecule has 32 heavy (non-hydrogen) atoms. The van der Waals surface area contributed by atoms with Gasteiger partial charge in [0, 0.05) is 32.6 Å². The highest BCUT2D eigenvalue weighted by molar-refractivity contribution is 5.93. The van der Waals surface area contributed by atoms with E-state index in [0.717, 1.165) is 6.42 Å². The minimum absolute atomic E-state index is 0.111. The van der Waals surface area contributed by atoms with E-state index in [1.54, 1.807) is 25.7 Å². The molecular formula is C23H37N3O6. The van der Waals surface area contributed by atoms with Gasteiger partial charge in [-0.15, -0.1) is 0 Å². The van der Waals surface area contributed by atoms with E-state index < -0.39 is 23.2 Å². The maximum atomic E-state index is 13.3. The summed E-state index contributed by atoms with van der Waals surface area (Å²) in [6.45, 7) is 12.8. The van der Waals surface area contributed by atoms with Crippen molar-refractivity contribution in [2.45, 2.75) is 78.0 Å². The molecule has 9 nitrogen and oxygen atoms in total. The highest BCUT2D eigenvalue weighted by atomic mass is 16.6. The average Bonchev–Trinajstić information content (AvgIpc) is 2.97. The lowest BCUT2D eigenvalue weighted by atomic mass is 9.84. The second-order valence-electron chi connectivity index (χ2n) is 11.3. The predicted octanol–water partition coefficient (Wildman–Crippen LogP) is 2.03. The minimum Gasteiger partial charge on any atom is -0.459 e. The molecule has 3 fully saturated rings. The van der Waals surface area contributed by atoms with E-state index in [2.05, 4.69) is 0 Å². The molecule has 0 radical (unpaired) electrons. The molecule has 180 valence electrons. The lowest BCUT2D eigenvalue weighted by molar-refractivity contribution is -0.160. The van der Waals surface area contributed by atoms with Crippen molar-refractivity contribution in [1.29, 1.82) is 0 Å². The van der Waals surface area contributed by atoms with Gasteiger partial charge in [-0.1, -0.05) is 0 Å². The number of carbonyl (C=O) groups is 4. The van der Waals surface area contributed by atoms with Crippen LogP contribution in [0.1, 0.15) is 60.8 Å². The lowest BCUT2D eigenvalue weighted by Crippen LogP contribution is -2.58. The highest BCUT2D eigenvalue weighted by Crippen LogP contribution is 2.31. The Morgan fingerprint density at radius 1 is 0.875 bits per heavy atom. The predicted molar refractivity (Wildman–Crippen MR) is 117 cm³/mol. The summed E-state index contributed by atoms with van der Waals surface area (Å²) in [7, 11) is 0. The Labute approximate surface area is 190 Å². The molecule has 0 aliphatic carbocycles. The first-order valence-electron chi connectivity index (χ1n) is 11.5. The van der Waals surface area contributed by atoms with Crippen molar-refractivity contribution >= 4 is 23.9 Å². The summed E-state index contributed by atoms with van der Waals surface area (Å²) in [6, 6.07) is -0.629. The van der Waals surface area contributed by atoms with Crippen LogP contribution in [0.15, 0.2) is 0 Å². The van der Waals surface area contributed by atoms with Gasteiger partial charge in [-0.2, -0.15) is 0 Å². The molecule has 3 rings (SSSR count). The Balaban J connectivity index is 1.61. The van der Waals surface area contributed by atoms with Crippen LogP contribution in [0.25, 0.3) is 0 Å². The molecule has 0 aromatic carbocycles. The van der Waals surface area contributed by atoms with E-state index in [0.29, 0.717) is 32.6 Å². The van der Waals surface area contributed by atoms with E-state index in [1.807, 2.05) is 25.7 Å². The summed E-state index contributed by atoms with van der Waals surface area (Å²) < 4.78 is 10.9. The number of esters is 1. The van der Waals surface area contributed by atoms with Crippen LogP contribution >= 0.6 is 0 Å². The zero-order chi connectivity index (χ0) is 23.8. The van der Waals surface area contributed by atoms with Gasteiger partial charge >= 0.3 is 12.1 Å². The summed E-state index contributed by atoms with van der Waals surface area (Å²) >= 11 is 0. The van der Waals surface area contributed by atoms with Gasteiger partial charge in [-0.25, -0.2) is 4.79 Å². The zero-order valence-corrected chi connectivity index (χ0v) is 20.2. The van der Waals surface area contributed by atoms with Crippen LogP contribution in [0.3, 0.4) is 0 Å². The maximum Gasteiger partial charge on any atom is 0.410 e. The zero-order valence-electron chi connectivity index (χ0n) is 20.2. The van der Waals surface area contributed by atoms with Gasteiger partial charge in [-0.05, 0) is 66.2 Å². The number of ether oxygens (including phenoxy) is 2. The molecule has 3 heterocycles. The first kappa shape index (κ1) is 24.3. The van der Waals surface area contributed by atoms with Gasteiger partial charge in [0.1, 0.15) is 23.8 Å². The third-order valence-electron chi connectivity index (χ3n) is 5.88. The smallest absolute Gasteiger partial charge is 0.410 e. The number of hydrogen-bond acceptors (Lipinski definition) is 6. The standard InChI is InChI=1S/C23H37N3O6/c1-22(2,3)31-19(28)14-26-17(7-8-18(26)27)20(29)24-10-15-9-16(11-24)13-25(12-15)21(30)32-23(4,5)6/h15-17H,7-14H2,1-6H3/t15?,16?,17-/m0/s1. The van der Waals surface area contributed by atoms with Crippen molar-refractivity contribution in [2.24, 2.45) is 11.8 Å². The van der Waals surface area contributed by atoms with Crippen molar-refractivity contribution in [3.8, 4) is 0 Å². The van der Waals surface area contributed by atoms with Crippen LogP contribution in [-0.4, -0.2) is 88.5 Å². The highest BCUT2D eigenvalue weighted by Gasteiger charge is 2.44. The number of piperidine rings is 2. The van der Waals surface area contributed by atoms with E-state index in [1.165, 1.54) is 4.90 Å². The Hall–Kier alpha value is -2.32. The molecule has 3 saturated heterocycles. The molecule has 3 atom stereocenters. The van der Waals surface area contributed by atoms with Crippen molar-refractivity contribution in [2.75, 3.05) is 32.7 Å². The topological polar surface area (TPSA) is 96.5 Å². The molecule has 3 aliphatic rings. The van der Waals surface area contributed by atoms with Crippen molar-refractivity contribution in [3.05, 3.63) is 0 Å². The summed E-state index contributed by atoms with van der Waals surface area (Å²) in [6.07, 6.45) is 1.33. The fourth-order valence-corrected chi connectivity index (χ4v) is 4.85. The number of rotatable bonds is 3. The van der Waals surface area contributed by atoms with Crippen LogP contribution in [-0.2, 0) is 23.9 Å². The molecule has 2 bridgehead atoms. The van der Waals surface area contributed by atoms with Gasteiger partial charge in [0.2, 0.25) is 11.8 Å². The monoisotopic (exact) mass is 451 g/mol. The first-order valence-corrected chi connectivity index (χ1v) is 11.5. The Morgan fingerprint density at radius 2 is 1.41 bits per heavy atom. The Morgan fingerprint density at radius 3 is 1.94 bits per heavy atom. The summed E-state index contributed by atoms with van der Waals surface area (Å²) in [4.78, 5) is 55.4. The Kier molecular flexibility index (Phi) is 6.77. The maximum absolute atomic E-state index is 13.3. The van der Waals surface area contributed by atoms with E-state index in [-0.39, 0.29) is 42.7 Å². The van der Waals surface area contributed by atoms with E-state index in [9.17, 15) is 19.2 Å². The number of amides is 3.